The molecule has 5 aliphatic rings. The van der Waals surface area contributed by atoms with Gasteiger partial charge in [-0.1, -0.05) is 54.7 Å². The van der Waals surface area contributed by atoms with Crippen LogP contribution in [0.3, 0.4) is 0 Å². The van der Waals surface area contributed by atoms with Crippen molar-refractivity contribution in [1.29, 1.82) is 0 Å². The van der Waals surface area contributed by atoms with Crippen molar-refractivity contribution in [3.8, 4) is 11.8 Å². The van der Waals surface area contributed by atoms with Gasteiger partial charge >= 0.3 is 0 Å². The Morgan fingerprint density at radius 2 is 1.77 bits per heavy atom. The van der Waals surface area contributed by atoms with E-state index >= 15 is 0 Å². The summed E-state index contributed by atoms with van der Waals surface area (Å²) in [6.45, 7) is 8.78. The number of hydrogen-bond donors (Lipinski definition) is 2. The van der Waals surface area contributed by atoms with Crippen molar-refractivity contribution in [1.82, 2.24) is 0 Å². The van der Waals surface area contributed by atoms with Crippen LogP contribution in [0.15, 0.2) is 47.1 Å². The first-order chi connectivity index (χ1) is 16.6. The van der Waals surface area contributed by atoms with Gasteiger partial charge in [-0.15, -0.1) is 0 Å². The van der Waals surface area contributed by atoms with Gasteiger partial charge in [0.15, 0.2) is 0 Å². The fourth-order valence-electron chi connectivity index (χ4n) is 8.02. The molecule has 0 saturated heterocycles. The lowest BCUT2D eigenvalue weighted by Crippen LogP contribution is -2.51. The summed E-state index contributed by atoms with van der Waals surface area (Å²) >= 11 is 0. The van der Waals surface area contributed by atoms with Crippen LogP contribution in [0.1, 0.15) is 108 Å². The second-order valence-electron chi connectivity index (χ2n) is 13.5. The van der Waals surface area contributed by atoms with Crippen LogP contribution in [-0.4, -0.2) is 21.9 Å². The Morgan fingerprint density at radius 3 is 2.51 bits per heavy atom. The lowest BCUT2D eigenvalue weighted by Gasteiger charge is -2.54. The predicted octanol–water partition coefficient (Wildman–Crippen LogP) is 7.04. The van der Waals surface area contributed by atoms with E-state index in [0.29, 0.717) is 17.8 Å². The van der Waals surface area contributed by atoms with Crippen LogP contribution in [0.25, 0.3) is 0 Å². The van der Waals surface area contributed by atoms with Gasteiger partial charge in [0.25, 0.3) is 0 Å². The first-order valence-electron chi connectivity index (χ1n) is 14.1. The molecular formula is C33H42O2. The number of aliphatic hydroxyl groups is 2. The van der Waals surface area contributed by atoms with Gasteiger partial charge in [0.1, 0.15) is 5.60 Å². The molecule has 2 heteroatoms. The van der Waals surface area contributed by atoms with Gasteiger partial charge in [0, 0.05) is 16.7 Å². The largest absolute Gasteiger partial charge is 0.389 e. The Hall–Kier alpha value is -1.82. The summed E-state index contributed by atoms with van der Waals surface area (Å²) in [6.07, 6.45) is 11.3. The molecule has 1 aromatic rings. The summed E-state index contributed by atoms with van der Waals surface area (Å²) in [6, 6.07) is 9.41. The number of hydrogen-bond acceptors (Lipinski definition) is 2. The molecule has 186 valence electrons. The van der Waals surface area contributed by atoms with Crippen LogP contribution in [0.2, 0.25) is 0 Å². The van der Waals surface area contributed by atoms with Crippen molar-refractivity contribution < 1.29 is 10.2 Å². The predicted molar refractivity (Wildman–Crippen MR) is 142 cm³/mol. The van der Waals surface area contributed by atoms with Gasteiger partial charge in [0.2, 0.25) is 0 Å². The average molecular weight is 471 g/mol. The minimum absolute atomic E-state index is 0.114. The molecule has 5 aliphatic carbocycles. The van der Waals surface area contributed by atoms with Crippen LogP contribution in [0.5, 0.6) is 0 Å². The summed E-state index contributed by atoms with van der Waals surface area (Å²) < 4.78 is 0. The summed E-state index contributed by atoms with van der Waals surface area (Å²) in [5, 5.41) is 22.5. The number of allylic oxidation sites excluding steroid dienone is 3. The zero-order valence-electron chi connectivity index (χ0n) is 22.0. The van der Waals surface area contributed by atoms with Crippen molar-refractivity contribution in [3.63, 3.8) is 0 Å². The second-order valence-corrected chi connectivity index (χ2v) is 13.5. The molecule has 35 heavy (non-hydrogen) atoms. The van der Waals surface area contributed by atoms with Crippen LogP contribution < -0.4 is 0 Å². The van der Waals surface area contributed by atoms with E-state index in [0.717, 1.165) is 50.9 Å². The number of aliphatic hydroxyl groups excluding tert-OH is 1. The third-order valence-corrected chi connectivity index (χ3v) is 10.0. The SMILES string of the molecule is CC(C)(C)C#C[C@]1(O)CC[C@H]2[C@@H]3CCC4=CC(O)CCC4=C3[C@@H](c3cccc(C4CC4)c3)C[C@@]21C. The van der Waals surface area contributed by atoms with E-state index in [1.807, 2.05) is 0 Å². The number of benzene rings is 1. The molecule has 0 radical (unpaired) electrons. The molecule has 3 fully saturated rings. The lowest BCUT2D eigenvalue weighted by atomic mass is 9.51. The van der Waals surface area contributed by atoms with Crippen molar-refractivity contribution in [2.75, 3.05) is 0 Å². The van der Waals surface area contributed by atoms with E-state index in [-0.39, 0.29) is 16.9 Å². The highest BCUT2D eigenvalue weighted by atomic mass is 16.3. The maximum atomic E-state index is 12.1. The molecule has 0 aliphatic heterocycles. The summed E-state index contributed by atoms with van der Waals surface area (Å²) in [4.78, 5) is 0. The van der Waals surface area contributed by atoms with Gasteiger partial charge in [-0.3, -0.25) is 0 Å². The minimum atomic E-state index is -0.924. The topological polar surface area (TPSA) is 40.5 Å². The third kappa shape index (κ3) is 3.95. The summed E-state index contributed by atoms with van der Waals surface area (Å²) in [5.74, 6) is 8.93. The van der Waals surface area contributed by atoms with Crippen LogP contribution in [0, 0.1) is 34.5 Å². The second kappa shape index (κ2) is 8.09. The van der Waals surface area contributed by atoms with Crippen molar-refractivity contribution in [3.05, 3.63) is 58.2 Å². The quantitative estimate of drug-likeness (QED) is 0.455. The zero-order chi connectivity index (χ0) is 24.6. The molecule has 2 nitrogen and oxygen atoms in total. The fourth-order valence-corrected chi connectivity index (χ4v) is 8.02. The Labute approximate surface area is 211 Å². The van der Waals surface area contributed by atoms with Gasteiger partial charge in [-0.25, -0.2) is 0 Å². The van der Waals surface area contributed by atoms with E-state index in [2.05, 4.69) is 69.9 Å². The van der Waals surface area contributed by atoms with Crippen molar-refractivity contribution >= 4 is 0 Å². The highest BCUT2D eigenvalue weighted by Gasteiger charge is 2.62. The molecule has 0 bridgehead atoms. The van der Waals surface area contributed by atoms with Crippen LogP contribution >= 0.6 is 0 Å². The van der Waals surface area contributed by atoms with Gasteiger partial charge < -0.3 is 10.2 Å². The molecule has 0 amide bonds. The molecule has 0 aromatic heterocycles. The number of rotatable bonds is 2. The number of fused-ring (bicyclic) bond motifs is 4. The Morgan fingerprint density at radius 1 is 1.00 bits per heavy atom. The maximum absolute atomic E-state index is 12.1. The van der Waals surface area contributed by atoms with Crippen LogP contribution in [-0.2, 0) is 0 Å². The minimum Gasteiger partial charge on any atom is -0.389 e. The Bertz CT molecular complexity index is 1150. The van der Waals surface area contributed by atoms with E-state index in [1.165, 1.54) is 29.5 Å². The average Bonchev–Trinajstić information content (AvgIpc) is 3.63. The molecule has 6 rings (SSSR count). The zero-order valence-corrected chi connectivity index (χ0v) is 22.0. The smallest absolute Gasteiger partial charge is 0.131 e. The van der Waals surface area contributed by atoms with Gasteiger partial charge in [-0.05, 0) is 119 Å². The molecule has 1 unspecified atom stereocenters. The first-order valence-corrected chi connectivity index (χ1v) is 14.1. The van der Waals surface area contributed by atoms with Crippen LogP contribution in [0.4, 0.5) is 0 Å². The molecule has 3 saturated carbocycles. The van der Waals surface area contributed by atoms with E-state index < -0.39 is 5.60 Å². The molecule has 0 heterocycles. The highest BCUT2D eigenvalue weighted by Crippen LogP contribution is 2.66. The van der Waals surface area contributed by atoms with E-state index in [4.69, 9.17) is 0 Å². The van der Waals surface area contributed by atoms with Gasteiger partial charge in [-0.2, -0.15) is 0 Å². The maximum Gasteiger partial charge on any atom is 0.131 e. The third-order valence-electron chi connectivity index (χ3n) is 10.0. The normalized spacial score (nSPS) is 38.6. The molecule has 6 atom stereocenters. The van der Waals surface area contributed by atoms with E-state index in [1.54, 1.807) is 11.1 Å². The first kappa shape index (κ1) is 23.6. The fraction of sp³-hybridized carbons (Fsp3) is 0.636. The standard InChI is InChI=1S/C33H42O2/c1-31(2,3)16-17-33(35)15-14-29-27-12-10-24-19-25(34)11-13-26(24)30(27)28(20-32(29,33)4)23-7-5-6-22(18-23)21-8-9-21/h5-7,18-19,21,25,27-29,34-35H,8-15,20H2,1-4H3/t25?,27-,28+,29-,32-,33+/m0/s1. The summed E-state index contributed by atoms with van der Waals surface area (Å²) in [7, 11) is 0. The Balaban J connectivity index is 1.49. The lowest BCUT2D eigenvalue weighted by molar-refractivity contribution is -0.0515. The monoisotopic (exact) mass is 470 g/mol. The highest BCUT2D eigenvalue weighted by molar-refractivity contribution is 5.50. The molecule has 0 spiro atoms. The molecular weight excluding hydrogens is 428 g/mol. The van der Waals surface area contributed by atoms with Gasteiger partial charge in [0.05, 0.1) is 6.10 Å². The molecule has 2 N–H and O–H groups in total. The summed E-state index contributed by atoms with van der Waals surface area (Å²) in [5.41, 5.74) is 6.29. The molecule has 1 aromatic carbocycles. The Kier molecular flexibility index (Phi) is 5.45. The van der Waals surface area contributed by atoms with Crippen molar-refractivity contribution in [2.24, 2.45) is 22.7 Å². The van der Waals surface area contributed by atoms with E-state index in [9.17, 15) is 10.2 Å². The van der Waals surface area contributed by atoms with Crippen molar-refractivity contribution in [2.45, 2.75) is 109 Å².